The first kappa shape index (κ1) is 23.2. The highest BCUT2D eigenvalue weighted by atomic mass is 35.5. The minimum absolute atomic E-state index is 0.160. The number of ether oxygens (including phenoxy) is 2. The van der Waals surface area contributed by atoms with Gasteiger partial charge in [-0.1, -0.05) is 31.5 Å². The number of amides is 2. The number of nitrogens with one attached hydrogen (secondary N) is 2. The van der Waals surface area contributed by atoms with E-state index in [2.05, 4.69) is 10.6 Å². The molecule has 2 aromatic rings. The van der Waals surface area contributed by atoms with E-state index >= 15 is 0 Å². The summed E-state index contributed by atoms with van der Waals surface area (Å²) in [5.74, 6) is -0.673. The Balaban J connectivity index is 1.86. The molecule has 2 aromatic carbocycles. The number of halogens is 1. The fourth-order valence-electron chi connectivity index (χ4n) is 2.65. The first-order valence-corrected chi connectivity index (χ1v) is 9.79. The van der Waals surface area contributed by atoms with E-state index in [1.165, 1.54) is 6.92 Å². The van der Waals surface area contributed by atoms with E-state index in [1.807, 2.05) is 26.8 Å². The summed E-state index contributed by atoms with van der Waals surface area (Å²) in [6, 6.07) is 10.2. The molecule has 8 heteroatoms. The van der Waals surface area contributed by atoms with Crippen molar-refractivity contribution >= 4 is 40.8 Å². The Morgan fingerprint density at radius 2 is 1.70 bits per heavy atom. The van der Waals surface area contributed by atoms with Gasteiger partial charge in [0.25, 0.3) is 5.91 Å². The van der Waals surface area contributed by atoms with Crippen LogP contribution in [0.25, 0.3) is 0 Å². The highest BCUT2D eigenvalue weighted by molar-refractivity contribution is 6.31. The number of hydrogen-bond donors (Lipinski definition) is 2. The van der Waals surface area contributed by atoms with Crippen molar-refractivity contribution in [1.29, 1.82) is 0 Å². The van der Waals surface area contributed by atoms with E-state index in [9.17, 15) is 14.4 Å². The summed E-state index contributed by atoms with van der Waals surface area (Å²) in [7, 11) is 0. The zero-order valence-electron chi connectivity index (χ0n) is 17.4. The molecule has 30 heavy (non-hydrogen) atoms. The summed E-state index contributed by atoms with van der Waals surface area (Å²) in [6.45, 7) is 6.45. The van der Waals surface area contributed by atoms with Gasteiger partial charge in [-0.15, -0.1) is 0 Å². The number of carbonyl (C=O) groups is 3. The fraction of sp³-hybridized carbons (Fsp3) is 0.318. The van der Waals surface area contributed by atoms with Gasteiger partial charge in [-0.05, 0) is 54.3 Å². The second-order valence-corrected chi connectivity index (χ2v) is 7.46. The molecule has 0 radical (unpaired) electrons. The van der Waals surface area contributed by atoms with Crippen molar-refractivity contribution in [2.75, 3.05) is 23.8 Å². The summed E-state index contributed by atoms with van der Waals surface area (Å²) < 4.78 is 10.6. The molecule has 0 spiro atoms. The molecule has 160 valence electrons. The first-order chi connectivity index (χ1) is 14.2. The van der Waals surface area contributed by atoms with Gasteiger partial charge in [-0.3, -0.25) is 9.59 Å². The van der Waals surface area contributed by atoms with Gasteiger partial charge in [-0.2, -0.15) is 0 Å². The predicted molar refractivity (Wildman–Crippen MR) is 116 cm³/mol. The van der Waals surface area contributed by atoms with Crippen LogP contribution in [0.1, 0.15) is 37.8 Å². The molecule has 0 aliphatic carbocycles. The Kier molecular flexibility index (Phi) is 8.24. The second-order valence-electron chi connectivity index (χ2n) is 7.05. The van der Waals surface area contributed by atoms with Gasteiger partial charge in [0.2, 0.25) is 5.91 Å². The van der Waals surface area contributed by atoms with Gasteiger partial charge < -0.3 is 20.1 Å². The van der Waals surface area contributed by atoms with Crippen LogP contribution < -0.4 is 15.4 Å². The lowest BCUT2D eigenvalue weighted by molar-refractivity contribution is -0.149. The van der Waals surface area contributed by atoms with E-state index in [4.69, 9.17) is 21.1 Å². The Labute approximate surface area is 180 Å². The van der Waals surface area contributed by atoms with Crippen LogP contribution in [0.3, 0.4) is 0 Å². The lowest BCUT2D eigenvalue weighted by Crippen LogP contribution is -2.24. The standard InChI is InChI=1S/C22H25ClN2O5/c1-13(2)18-10-19(23)14(3)8-20(18)29-12-22(28)30-11-21(27)25-17-7-5-6-16(9-17)24-15(4)26/h5-10,13H,11-12H2,1-4H3,(H,24,26)(H,25,27). The van der Waals surface area contributed by atoms with Crippen molar-refractivity contribution in [2.24, 2.45) is 0 Å². The lowest BCUT2D eigenvalue weighted by atomic mass is 10.0. The van der Waals surface area contributed by atoms with Crippen LogP contribution in [-0.4, -0.2) is 31.0 Å². The first-order valence-electron chi connectivity index (χ1n) is 9.41. The van der Waals surface area contributed by atoms with Crippen LogP contribution >= 0.6 is 11.6 Å². The lowest BCUT2D eigenvalue weighted by Gasteiger charge is -2.15. The van der Waals surface area contributed by atoms with Crippen LogP contribution in [-0.2, 0) is 19.1 Å². The average molecular weight is 433 g/mol. The highest BCUT2D eigenvalue weighted by Crippen LogP contribution is 2.32. The van der Waals surface area contributed by atoms with Crippen LogP contribution in [0.2, 0.25) is 5.02 Å². The molecule has 0 aromatic heterocycles. The van der Waals surface area contributed by atoms with Gasteiger partial charge in [0, 0.05) is 23.3 Å². The summed E-state index contributed by atoms with van der Waals surface area (Å²) in [6.07, 6.45) is 0. The highest BCUT2D eigenvalue weighted by Gasteiger charge is 2.14. The molecule has 0 saturated carbocycles. The monoisotopic (exact) mass is 432 g/mol. The average Bonchev–Trinajstić information content (AvgIpc) is 2.66. The summed E-state index contributed by atoms with van der Waals surface area (Å²) in [4.78, 5) is 35.1. The van der Waals surface area contributed by atoms with E-state index < -0.39 is 18.5 Å². The van der Waals surface area contributed by atoms with Crippen molar-refractivity contribution in [2.45, 2.75) is 33.6 Å². The zero-order chi connectivity index (χ0) is 22.3. The number of rotatable bonds is 8. The number of carbonyl (C=O) groups excluding carboxylic acids is 3. The maximum Gasteiger partial charge on any atom is 0.344 e. The third-order valence-corrected chi connectivity index (χ3v) is 4.50. The molecule has 2 N–H and O–H groups in total. The molecule has 0 heterocycles. The molecule has 0 unspecified atom stereocenters. The number of anilines is 2. The fourth-order valence-corrected chi connectivity index (χ4v) is 2.82. The third kappa shape index (κ3) is 7.08. The Morgan fingerprint density at radius 1 is 1.03 bits per heavy atom. The van der Waals surface area contributed by atoms with Crippen LogP contribution in [0.15, 0.2) is 36.4 Å². The maximum absolute atomic E-state index is 12.0. The second kappa shape index (κ2) is 10.6. The molecule has 2 rings (SSSR count). The van der Waals surface area contributed by atoms with Crippen molar-refractivity contribution in [3.8, 4) is 5.75 Å². The number of benzene rings is 2. The van der Waals surface area contributed by atoms with Crippen molar-refractivity contribution in [3.05, 3.63) is 52.5 Å². The molecule has 0 aliphatic rings. The van der Waals surface area contributed by atoms with Crippen LogP contribution in [0, 0.1) is 6.92 Å². The molecule has 2 amide bonds. The summed E-state index contributed by atoms with van der Waals surface area (Å²) in [5, 5.41) is 5.85. The minimum atomic E-state index is -0.667. The van der Waals surface area contributed by atoms with Gasteiger partial charge in [0.1, 0.15) is 5.75 Å². The van der Waals surface area contributed by atoms with E-state index in [-0.39, 0.29) is 18.4 Å². The SMILES string of the molecule is CC(=O)Nc1cccc(NC(=O)COC(=O)COc2cc(C)c(Cl)cc2C(C)C)c1. The Morgan fingerprint density at radius 3 is 2.33 bits per heavy atom. The molecule has 7 nitrogen and oxygen atoms in total. The van der Waals surface area contributed by atoms with E-state index in [0.29, 0.717) is 22.1 Å². The molecular weight excluding hydrogens is 408 g/mol. The summed E-state index contributed by atoms with van der Waals surface area (Å²) in [5.41, 5.74) is 2.74. The predicted octanol–water partition coefficient (Wildman–Crippen LogP) is 4.29. The number of hydrogen-bond acceptors (Lipinski definition) is 5. The molecule has 0 fully saturated rings. The van der Waals surface area contributed by atoms with E-state index in [1.54, 1.807) is 30.3 Å². The largest absolute Gasteiger partial charge is 0.482 e. The third-order valence-electron chi connectivity index (χ3n) is 4.09. The Bertz CT molecular complexity index is 943. The van der Waals surface area contributed by atoms with Crippen molar-refractivity contribution in [1.82, 2.24) is 0 Å². The van der Waals surface area contributed by atoms with Gasteiger partial charge in [0.05, 0.1) is 0 Å². The zero-order valence-corrected chi connectivity index (χ0v) is 18.1. The number of aryl methyl sites for hydroxylation is 1. The van der Waals surface area contributed by atoms with Crippen molar-refractivity contribution in [3.63, 3.8) is 0 Å². The normalized spacial score (nSPS) is 10.5. The Hall–Kier alpha value is -3.06. The smallest absolute Gasteiger partial charge is 0.344 e. The minimum Gasteiger partial charge on any atom is -0.482 e. The van der Waals surface area contributed by atoms with Gasteiger partial charge in [0.15, 0.2) is 13.2 Å². The molecule has 0 bridgehead atoms. The summed E-state index contributed by atoms with van der Waals surface area (Å²) >= 11 is 6.17. The van der Waals surface area contributed by atoms with Gasteiger partial charge in [-0.25, -0.2) is 4.79 Å². The maximum atomic E-state index is 12.0. The molecule has 0 saturated heterocycles. The quantitative estimate of drug-likeness (QED) is 0.607. The van der Waals surface area contributed by atoms with E-state index in [0.717, 1.165) is 11.1 Å². The van der Waals surface area contributed by atoms with Crippen molar-refractivity contribution < 1.29 is 23.9 Å². The molecule has 0 atom stereocenters. The molecule has 0 aliphatic heterocycles. The topological polar surface area (TPSA) is 93.7 Å². The number of esters is 1. The van der Waals surface area contributed by atoms with Crippen LogP contribution in [0.5, 0.6) is 5.75 Å². The molecular formula is C22H25ClN2O5. The van der Waals surface area contributed by atoms with Gasteiger partial charge >= 0.3 is 5.97 Å². The van der Waals surface area contributed by atoms with Crippen LogP contribution in [0.4, 0.5) is 11.4 Å².